The van der Waals surface area contributed by atoms with Gasteiger partial charge < -0.3 is 99.2 Å². The Hall–Kier alpha value is -3.75. The van der Waals surface area contributed by atoms with Crippen molar-refractivity contribution in [2.24, 2.45) is 0 Å². The molecule has 21 heteroatoms. The summed E-state index contributed by atoms with van der Waals surface area (Å²) in [4.78, 5) is 13.0. The fourth-order valence-corrected chi connectivity index (χ4v) is 6.36. The van der Waals surface area contributed by atoms with Gasteiger partial charge in [-0.15, -0.1) is 0 Å². The minimum absolute atomic E-state index is 0.0903. The van der Waals surface area contributed by atoms with Crippen LogP contribution in [0.1, 0.15) is 0 Å². The van der Waals surface area contributed by atoms with Gasteiger partial charge in [0, 0.05) is 23.8 Å². The SMILES string of the molecule is O=c1cc(-c2ccc(O)c(O)c2)oc2cc(OC3OC(CO)C(O)C(O)C3OC3OC(CO)C(O)C(O)C3OC3OC(CO)C(O)C(O)C3O)cc(O)c12. The zero-order chi connectivity index (χ0) is 39.2. The molecule has 0 amide bonds. The van der Waals surface area contributed by atoms with Crippen LogP contribution in [0, 0.1) is 0 Å². The molecule has 0 spiro atoms. The van der Waals surface area contributed by atoms with Crippen LogP contribution in [-0.2, 0) is 23.7 Å². The van der Waals surface area contributed by atoms with Crippen molar-refractivity contribution in [3.8, 4) is 34.3 Å². The van der Waals surface area contributed by atoms with E-state index in [9.17, 15) is 71.2 Å². The molecule has 3 saturated heterocycles. The standard InChI is InChI=1S/C33H40O21/c34-7-18-22(41)25(44)28(47)31(50-18)53-30-27(46)24(43)20(9-36)52-33(30)54-29-26(45)23(42)19(8-35)51-32(29)48-11-4-14(39)21-15(40)6-16(49-17(21)5-11)10-1-2-12(37)13(38)3-10/h1-6,18-20,22-39,41-47H,7-9H2. The number of aliphatic hydroxyl groups is 10. The van der Waals surface area contributed by atoms with E-state index in [1.165, 1.54) is 6.07 Å². The number of phenolic OH excluding ortho intramolecular Hbond substituents is 3. The Bertz CT molecular complexity index is 1820. The maximum Gasteiger partial charge on any atom is 0.229 e. The van der Waals surface area contributed by atoms with Crippen LogP contribution < -0.4 is 10.2 Å². The Balaban J connectivity index is 1.32. The first-order chi connectivity index (χ1) is 25.7. The molecule has 21 nitrogen and oxygen atoms in total. The van der Waals surface area contributed by atoms with Crippen LogP contribution in [0.5, 0.6) is 23.0 Å². The van der Waals surface area contributed by atoms with Crippen molar-refractivity contribution in [3.05, 3.63) is 46.6 Å². The van der Waals surface area contributed by atoms with Crippen LogP contribution in [0.4, 0.5) is 0 Å². The lowest BCUT2D eigenvalue weighted by Crippen LogP contribution is -2.67. The van der Waals surface area contributed by atoms with Crippen LogP contribution in [-0.4, -0.2) is 178 Å². The second-order valence-electron chi connectivity index (χ2n) is 12.9. The first-order valence-corrected chi connectivity index (χ1v) is 16.5. The van der Waals surface area contributed by atoms with Gasteiger partial charge in [0.05, 0.1) is 19.8 Å². The zero-order valence-corrected chi connectivity index (χ0v) is 27.8. The van der Waals surface area contributed by atoms with Crippen molar-refractivity contribution in [1.82, 2.24) is 0 Å². The van der Waals surface area contributed by atoms with E-state index in [4.69, 9.17) is 32.8 Å². The van der Waals surface area contributed by atoms with Gasteiger partial charge in [-0.1, -0.05) is 0 Å². The summed E-state index contributed by atoms with van der Waals surface area (Å²) in [5, 5.41) is 134. The molecule has 3 aliphatic rings. The lowest BCUT2D eigenvalue weighted by atomic mass is 9.96. The average molecular weight is 773 g/mol. The van der Waals surface area contributed by atoms with E-state index in [0.717, 1.165) is 30.3 Å². The summed E-state index contributed by atoms with van der Waals surface area (Å²) < 4.78 is 39.9. The molecular formula is C33H40O21. The van der Waals surface area contributed by atoms with Gasteiger partial charge in [-0.2, -0.15) is 0 Å². The topological polar surface area (TPSA) is 349 Å². The van der Waals surface area contributed by atoms with E-state index < -0.39 is 135 Å². The summed E-state index contributed by atoms with van der Waals surface area (Å²) in [5.74, 6) is -1.97. The Morgan fingerprint density at radius 1 is 0.556 bits per heavy atom. The Kier molecular flexibility index (Phi) is 11.9. The minimum atomic E-state index is -2.01. The summed E-state index contributed by atoms with van der Waals surface area (Å²) in [5.41, 5.74) is -0.793. The third-order valence-corrected chi connectivity index (χ3v) is 9.38. The molecule has 4 heterocycles. The summed E-state index contributed by atoms with van der Waals surface area (Å²) >= 11 is 0. The number of fused-ring (bicyclic) bond motifs is 1. The van der Waals surface area contributed by atoms with Crippen molar-refractivity contribution in [2.75, 3.05) is 19.8 Å². The molecule has 0 bridgehead atoms. The van der Waals surface area contributed by atoms with Crippen LogP contribution in [0.3, 0.4) is 0 Å². The number of benzene rings is 2. The third kappa shape index (κ3) is 7.58. The van der Waals surface area contributed by atoms with Crippen molar-refractivity contribution < 1.29 is 99.2 Å². The largest absolute Gasteiger partial charge is 0.507 e. The number of aliphatic hydroxyl groups excluding tert-OH is 10. The highest BCUT2D eigenvalue weighted by molar-refractivity contribution is 5.86. The molecule has 3 aromatic rings. The molecule has 2 aromatic carbocycles. The smallest absolute Gasteiger partial charge is 0.229 e. The van der Waals surface area contributed by atoms with Crippen LogP contribution >= 0.6 is 0 Å². The molecule has 3 fully saturated rings. The zero-order valence-electron chi connectivity index (χ0n) is 27.8. The summed E-state index contributed by atoms with van der Waals surface area (Å²) in [7, 11) is 0. The third-order valence-electron chi connectivity index (χ3n) is 9.38. The van der Waals surface area contributed by atoms with Gasteiger partial charge in [-0.25, -0.2) is 0 Å². The average Bonchev–Trinajstić information content (AvgIpc) is 3.14. The van der Waals surface area contributed by atoms with Crippen molar-refractivity contribution >= 4 is 11.0 Å². The number of rotatable bonds is 10. The summed E-state index contributed by atoms with van der Waals surface area (Å²) in [6.45, 7) is -2.59. The van der Waals surface area contributed by atoms with Crippen LogP contribution in [0.25, 0.3) is 22.3 Å². The van der Waals surface area contributed by atoms with Gasteiger partial charge in [0.25, 0.3) is 0 Å². The predicted octanol–water partition coefficient (Wildman–Crippen LogP) is -4.60. The molecule has 0 radical (unpaired) electrons. The number of ether oxygens (including phenoxy) is 6. The van der Waals surface area contributed by atoms with E-state index in [0.29, 0.717) is 0 Å². The lowest BCUT2D eigenvalue weighted by Gasteiger charge is -2.48. The molecule has 0 aliphatic carbocycles. The highest BCUT2D eigenvalue weighted by atomic mass is 16.8. The van der Waals surface area contributed by atoms with Crippen molar-refractivity contribution in [3.63, 3.8) is 0 Å². The Morgan fingerprint density at radius 2 is 1.09 bits per heavy atom. The van der Waals surface area contributed by atoms with Gasteiger partial charge >= 0.3 is 0 Å². The number of hydrogen-bond acceptors (Lipinski definition) is 21. The molecule has 54 heavy (non-hydrogen) atoms. The van der Waals surface area contributed by atoms with E-state index in [2.05, 4.69) is 0 Å². The predicted molar refractivity (Wildman–Crippen MR) is 173 cm³/mol. The van der Waals surface area contributed by atoms with Crippen LogP contribution in [0.2, 0.25) is 0 Å². The van der Waals surface area contributed by atoms with E-state index in [1.54, 1.807) is 0 Å². The highest BCUT2D eigenvalue weighted by Gasteiger charge is 2.54. The summed E-state index contributed by atoms with van der Waals surface area (Å²) in [6, 6.07) is 6.76. The van der Waals surface area contributed by atoms with E-state index >= 15 is 0 Å². The maximum absolute atomic E-state index is 13.0. The highest BCUT2D eigenvalue weighted by Crippen LogP contribution is 2.37. The maximum atomic E-state index is 13.0. The van der Waals surface area contributed by atoms with Gasteiger partial charge in [0.15, 0.2) is 35.6 Å². The quantitative estimate of drug-likeness (QED) is 0.0862. The lowest BCUT2D eigenvalue weighted by molar-refractivity contribution is -0.389. The summed E-state index contributed by atoms with van der Waals surface area (Å²) in [6.07, 6.45) is -27.4. The molecule has 15 atom stereocenters. The van der Waals surface area contributed by atoms with E-state index in [-0.39, 0.29) is 28.0 Å². The number of aromatic hydroxyl groups is 3. The first-order valence-electron chi connectivity index (χ1n) is 16.5. The normalized spacial score (nSPS) is 37.3. The van der Waals surface area contributed by atoms with Crippen LogP contribution in [0.15, 0.2) is 45.6 Å². The first kappa shape index (κ1) is 39.9. The van der Waals surface area contributed by atoms with Crippen molar-refractivity contribution in [2.45, 2.75) is 92.1 Å². The molecule has 3 aliphatic heterocycles. The molecule has 15 unspecified atom stereocenters. The number of phenols is 3. The Labute approximate surface area is 303 Å². The van der Waals surface area contributed by atoms with Gasteiger partial charge in [-0.3, -0.25) is 4.79 Å². The van der Waals surface area contributed by atoms with Crippen molar-refractivity contribution in [1.29, 1.82) is 0 Å². The van der Waals surface area contributed by atoms with Gasteiger partial charge in [-0.05, 0) is 18.2 Å². The Morgan fingerprint density at radius 3 is 1.69 bits per heavy atom. The van der Waals surface area contributed by atoms with E-state index in [1.807, 2.05) is 0 Å². The molecule has 13 N–H and O–H groups in total. The molecule has 298 valence electrons. The van der Waals surface area contributed by atoms with Gasteiger partial charge in [0.1, 0.15) is 95.4 Å². The minimum Gasteiger partial charge on any atom is -0.507 e. The fourth-order valence-electron chi connectivity index (χ4n) is 6.36. The monoisotopic (exact) mass is 772 g/mol. The molecule has 0 saturated carbocycles. The fraction of sp³-hybridized carbons (Fsp3) is 0.545. The molecule has 1 aromatic heterocycles. The molecular weight excluding hydrogens is 732 g/mol. The second kappa shape index (κ2) is 16.2. The second-order valence-corrected chi connectivity index (χ2v) is 12.9. The molecule has 6 rings (SSSR count). The van der Waals surface area contributed by atoms with Gasteiger partial charge in [0.2, 0.25) is 6.29 Å². The number of hydrogen-bond donors (Lipinski definition) is 13.